The number of nitrogens with one attached hydrogen (secondary N) is 2. The van der Waals surface area contributed by atoms with Crippen LogP contribution in [0.2, 0.25) is 0 Å². The van der Waals surface area contributed by atoms with Gasteiger partial charge in [-0.25, -0.2) is 0 Å². The molecule has 11 nitrogen and oxygen atoms in total. The van der Waals surface area contributed by atoms with Gasteiger partial charge in [0.1, 0.15) is 0 Å². The Hall–Kier alpha value is -5.52. The molecule has 236 valence electrons. The maximum atomic E-state index is 13.7. The number of imide groups is 2. The minimum Gasteiger partial charge on any atom is -0.313 e. The smallest absolute Gasteiger partial charge is 0.270 e. The standard InChI is InChI=1S/C36H31N5O6/c1-20(39-33(42)27-11-5-8-23-15-24(41(46)47)17-30(31(23)27)36(39)45)18-37-13-14-38-19-21(2)40-34(43)28-12-6-10-26-25-9-4-3-7-22(25)16-29(32(26)28)35(40)44/h3-12,15-17,20-21,37-38H,13-14,18-19H2,1-2H3/t20-,21-/m1/s1. The molecule has 0 radical (unpaired) electrons. The number of non-ortho nitro benzene ring substituents is 1. The quantitative estimate of drug-likeness (QED) is 0.0731. The fourth-order valence-corrected chi connectivity index (χ4v) is 6.86. The molecule has 5 aromatic rings. The molecule has 47 heavy (non-hydrogen) atoms. The highest BCUT2D eigenvalue weighted by Crippen LogP contribution is 2.36. The Morgan fingerprint density at radius 2 is 1.13 bits per heavy atom. The predicted octanol–water partition coefficient (Wildman–Crippen LogP) is 4.90. The average Bonchev–Trinajstić information content (AvgIpc) is 3.07. The average molecular weight is 630 g/mol. The van der Waals surface area contributed by atoms with Gasteiger partial charge < -0.3 is 10.6 Å². The molecule has 0 bridgehead atoms. The number of nitro groups is 1. The van der Waals surface area contributed by atoms with Crippen LogP contribution in [0.3, 0.4) is 0 Å². The fraction of sp³-hybridized carbons (Fsp3) is 0.222. The third-order valence-corrected chi connectivity index (χ3v) is 9.09. The maximum Gasteiger partial charge on any atom is 0.270 e. The Morgan fingerprint density at radius 3 is 1.77 bits per heavy atom. The Bertz CT molecular complexity index is 2180. The van der Waals surface area contributed by atoms with E-state index < -0.39 is 28.8 Å². The second kappa shape index (κ2) is 11.7. The lowest BCUT2D eigenvalue weighted by Crippen LogP contribution is -2.51. The Kier molecular flexibility index (Phi) is 7.50. The third kappa shape index (κ3) is 4.91. The lowest BCUT2D eigenvalue weighted by molar-refractivity contribution is -0.384. The van der Waals surface area contributed by atoms with E-state index in [-0.39, 0.29) is 23.1 Å². The van der Waals surface area contributed by atoms with E-state index in [2.05, 4.69) is 10.6 Å². The zero-order valence-corrected chi connectivity index (χ0v) is 25.8. The van der Waals surface area contributed by atoms with Crippen molar-refractivity contribution < 1.29 is 24.1 Å². The minimum atomic E-state index is -0.565. The first-order valence-electron chi connectivity index (χ1n) is 15.5. The highest BCUT2D eigenvalue weighted by molar-refractivity contribution is 6.29. The SMILES string of the molecule is C[C@H](CNCCNC[C@@H](C)N1C(=O)c2cccc3c2c(cc2ccccc23)C1=O)N1C(=O)c2cccc3cc([N+](=O)[O-])cc(c23)C1=O. The van der Waals surface area contributed by atoms with E-state index in [4.69, 9.17) is 0 Å². The van der Waals surface area contributed by atoms with Crippen molar-refractivity contribution in [1.82, 2.24) is 20.4 Å². The highest BCUT2D eigenvalue weighted by Gasteiger charge is 2.38. The summed E-state index contributed by atoms with van der Waals surface area (Å²) < 4.78 is 0. The molecule has 4 amide bonds. The number of benzene rings is 5. The number of nitro benzene ring substituents is 1. The summed E-state index contributed by atoms with van der Waals surface area (Å²) in [5.74, 6) is -1.64. The first-order valence-corrected chi connectivity index (χ1v) is 15.5. The van der Waals surface area contributed by atoms with E-state index in [0.29, 0.717) is 59.0 Å². The number of hydrogen-bond acceptors (Lipinski definition) is 8. The largest absolute Gasteiger partial charge is 0.313 e. The summed E-state index contributed by atoms with van der Waals surface area (Å²) in [4.78, 5) is 67.4. The van der Waals surface area contributed by atoms with Gasteiger partial charge >= 0.3 is 0 Å². The van der Waals surface area contributed by atoms with E-state index in [1.54, 1.807) is 31.2 Å². The van der Waals surface area contributed by atoms with Crippen LogP contribution in [0.15, 0.2) is 78.9 Å². The molecule has 11 heteroatoms. The predicted molar refractivity (Wildman–Crippen MR) is 178 cm³/mol. The Morgan fingerprint density at radius 1 is 0.617 bits per heavy atom. The van der Waals surface area contributed by atoms with Crippen molar-refractivity contribution in [2.45, 2.75) is 25.9 Å². The van der Waals surface area contributed by atoms with E-state index >= 15 is 0 Å². The van der Waals surface area contributed by atoms with Crippen LogP contribution in [0.25, 0.3) is 32.3 Å². The van der Waals surface area contributed by atoms with Crippen molar-refractivity contribution in [3.63, 3.8) is 0 Å². The second-order valence-corrected chi connectivity index (χ2v) is 12.1. The lowest BCUT2D eigenvalue weighted by atomic mass is 9.89. The van der Waals surface area contributed by atoms with Crippen LogP contribution in [0.1, 0.15) is 55.3 Å². The molecule has 5 aromatic carbocycles. The summed E-state index contributed by atoms with van der Waals surface area (Å²) in [5.41, 5.74) is 1.30. The first kappa shape index (κ1) is 30.2. The molecule has 2 N–H and O–H groups in total. The molecule has 2 aliphatic rings. The van der Waals surface area contributed by atoms with Crippen LogP contribution in [0.4, 0.5) is 5.69 Å². The summed E-state index contributed by atoms with van der Waals surface area (Å²) in [6.45, 7) is 5.24. The third-order valence-electron chi connectivity index (χ3n) is 9.09. The molecule has 7 rings (SSSR count). The molecule has 0 fully saturated rings. The number of nitrogens with zero attached hydrogens (tertiary/aromatic N) is 3. The number of amides is 4. The molecule has 0 aromatic heterocycles. The Balaban J connectivity index is 0.969. The molecule has 0 saturated heterocycles. The second-order valence-electron chi connectivity index (χ2n) is 12.1. The zero-order valence-electron chi connectivity index (χ0n) is 25.8. The van der Waals surface area contributed by atoms with Crippen molar-refractivity contribution in [3.8, 4) is 0 Å². The van der Waals surface area contributed by atoms with Crippen LogP contribution in [-0.2, 0) is 0 Å². The van der Waals surface area contributed by atoms with Crippen molar-refractivity contribution in [3.05, 3.63) is 111 Å². The van der Waals surface area contributed by atoms with Crippen molar-refractivity contribution >= 4 is 61.6 Å². The molecule has 0 unspecified atom stereocenters. The normalized spacial score (nSPS) is 15.6. The summed E-state index contributed by atoms with van der Waals surface area (Å²) >= 11 is 0. The van der Waals surface area contributed by atoms with Crippen LogP contribution in [0.5, 0.6) is 0 Å². The molecule has 2 heterocycles. The highest BCUT2D eigenvalue weighted by atomic mass is 16.6. The fourth-order valence-electron chi connectivity index (χ4n) is 6.86. The molecule has 0 aliphatic carbocycles. The molecule has 2 aliphatic heterocycles. The van der Waals surface area contributed by atoms with Crippen molar-refractivity contribution in [1.29, 1.82) is 0 Å². The van der Waals surface area contributed by atoms with Crippen molar-refractivity contribution in [2.24, 2.45) is 0 Å². The Labute approximate surface area is 269 Å². The van der Waals surface area contributed by atoms with Crippen LogP contribution in [0, 0.1) is 10.1 Å². The number of carbonyl (C=O) groups is 4. The zero-order chi connectivity index (χ0) is 33.0. The van der Waals surface area contributed by atoms with Gasteiger partial charge in [-0.2, -0.15) is 0 Å². The molecule has 0 spiro atoms. The molecular weight excluding hydrogens is 598 g/mol. The topological polar surface area (TPSA) is 142 Å². The number of carbonyl (C=O) groups excluding carboxylic acids is 4. The molecule has 0 saturated carbocycles. The first-order chi connectivity index (χ1) is 22.7. The van der Waals surface area contributed by atoms with Crippen LogP contribution >= 0.6 is 0 Å². The lowest BCUT2D eigenvalue weighted by Gasteiger charge is -2.32. The van der Waals surface area contributed by atoms with Gasteiger partial charge in [-0.05, 0) is 53.6 Å². The van der Waals surface area contributed by atoms with Gasteiger partial charge in [-0.3, -0.25) is 39.1 Å². The number of rotatable bonds is 10. The van der Waals surface area contributed by atoms with Gasteiger partial charge in [0.15, 0.2) is 0 Å². The minimum absolute atomic E-state index is 0.140. The summed E-state index contributed by atoms with van der Waals surface area (Å²) in [6.07, 6.45) is 0. The van der Waals surface area contributed by atoms with Crippen LogP contribution < -0.4 is 10.6 Å². The van der Waals surface area contributed by atoms with Gasteiger partial charge in [-0.15, -0.1) is 0 Å². The van der Waals surface area contributed by atoms with Gasteiger partial charge in [0.25, 0.3) is 29.3 Å². The van der Waals surface area contributed by atoms with Crippen LogP contribution in [-0.4, -0.2) is 76.6 Å². The number of fused-ring (bicyclic) bond motifs is 2. The monoisotopic (exact) mass is 629 g/mol. The van der Waals surface area contributed by atoms with E-state index in [1.165, 1.54) is 17.0 Å². The molecule has 2 atom stereocenters. The van der Waals surface area contributed by atoms with E-state index in [9.17, 15) is 29.3 Å². The summed E-state index contributed by atoms with van der Waals surface area (Å²) in [5, 5.41) is 22.5. The van der Waals surface area contributed by atoms with E-state index in [1.807, 2.05) is 49.4 Å². The van der Waals surface area contributed by atoms with E-state index in [0.717, 1.165) is 21.1 Å². The van der Waals surface area contributed by atoms with Gasteiger partial charge in [0, 0.05) is 77.9 Å². The maximum absolute atomic E-state index is 13.7. The van der Waals surface area contributed by atoms with Gasteiger partial charge in [0.05, 0.1) is 10.5 Å². The number of hydrogen-bond donors (Lipinski definition) is 2. The molecular formula is C36H31N5O6. The summed E-state index contributed by atoms with van der Waals surface area (Å²) in [6, 6.07) is 21.9. The van der Waals surface area contributed by atoms with Crippen molar-refractivity contribution in [2.75, 3.05) is 26.2 Å². The van der Waals surface area contributed by atoms with Gasteiger partial charge in [-0.1, -0.05) is 48.5 Å². The van der Waals surface area contributed by atoms with Gasteiger partial charge in [0.2, 0.25) is 0 Å². The summed E-state index contributed by atoms with van der Waals surface area (Å²) in [7, 11) is 0.